The Kier molecular flexibility index (Phi) is 5.82. The number of thioether (sulfide) groups is 1. The highest BCUT2D eigenvalue weighted by atomic mass is 35.5. The maximum absolute atomic E-state index is 11.7. The fourth-order valence-corrected chi connectivity index (χ4v) is 4.45. The summed E-state index contributed by atoms with van der Waals surface area (Å²) in [6.45, 7) is 3.89. The number of esters is 1. The van der Waals surface area contributed by atoms with Crippen molar-refractivity contribution in [1.82, 2.24) is 14.8 Å². The van der Waals surface area contributed by atoms with E-state index in [-0.39, 0.29) is 11.0 Å². The minimum atomic E-state index is -0.496. The number of ether oxygens (including phenoxy) is 1. The van der Waals surface area contributed by atoms with Crippen molar-refractivity contribution >= 4 is 35.3 Å². The van der Waals surface area contributed by atoms with Gasteiger partial charge in [0.25, 0.3) is 0 Å². The lowest BCUT2D eigenvalue weighted by molar-refractivity contribution is 0.0563. The molecule has 152 valence electrons. The van der Waals surface area contributed by atoms with Crippen molar-refractivity contribution in [2.75, 3.05) is 25.1 Å². The van der Waals surface area contributed by atoms with Gasteiger partial charge in [0.05, 0.1) is 23.1 Å². The fourth-order valence-electron chi connectivity index (χ4n) is 3.30. The van der Waals surface area contributed by atoms with E-state index >= 15 is 0 Å². The van der Waals surface area contributed by atoms with Gasteiger partial charge in [0.2, 0.25) is 11.7 Å². The maximum Gasteiger partial charge on any atom is 0.373 e. The number of aromatic nitrogens is 3. The van der Waals surface area contributed by atoms with Gasteiger partial charge < -0.3 is 14.1 Å². The van der Waals surface area contributed by atoms with Gasteiger partial charge in [-0.1, -0.05) is 35.5 Å². The first-order valence-corrected chi connectivity index (χ1v) is 10.6. The summed E-state index contributed by atoms with van der Waals surface area (Å²) in [4.78, 5) is 13.9. The molecule has 1 atom stereocenters. The Hall–Kier alpha value is -2.45. The van der Waals surface area contributed by atoms with Crippen molar-refractivity contribution in [1.29, 1.82) is 0 Å². The molecule has 0 saturated carbocycles. The molecule has 1 aliphatic rings. The number of anilines is 1. The summed E-state index contributed by atoms with van der Waals surface area (Å²) in [6, 6.07) is 11.1. The largest absolute Gasteiger partial charge is 0.463 e. The van der Waals surface area contributed by atoms with E-state index in [0.717, 1.165) is 37.6 Å². The molecule has 1 saturated heterocycles. The van der Waals surface area contributed by atoms with E-state index in [1.54, 1.807) is 12.1 Å². The number of hydrogen-bond donors (Lipinski definition) is 0. The van der Waals surface area contributed by atoms with Crippen LogP contribution in [0.2, 0.25) is 5.02 Å². The van der Waals surface area contributed by atoms with Crippen LogP contribution in [0.5, 0.6) is 0 Å². The first-order valence-electron chi connectivity index (χ1n) is 9.38. The molecule has 1 aromatic carbocycles. The molecule has 0 bridgehead atoms. The maximum atomic E-state index is 11.7. The molecule has 3 heterocycles. The molecule has 0 radical (unpaired) electrons. The van der Waals surface area contributed by atoms with Crippen LogP contribution in [0, 0.1) is 0 Å². The summed E-state index contributed by atoms with van der Waals surface area (Å²) in [6.07, 6.45) is 2.27. The predicted molar refractivity (Wildman–Crippen MR) is 112 cm³/mol. The lowest BCUT2D eigenvalue weighted by atomic mass is 10.3. The zero-order valence-corrected chi connectivity index (χ0v) is 17.7. The second-order valence-electron chi connectivity index (χ2n) is 6.72. The van der Waals surface area contributed by atoms with Gasteiger partial charge in [-0.3, -0.25) is 4.57 Å². The van der Waals surface area contributed by atoms with Gasteiger partial charge in [-0.25, -0.2) is 4.79 Å². The van der Waals surface area contributed by atoms with Gasteiger partial charge in [0.1, 0.15) is 5.76 Å². The van der Waals surface area contributed by atoms with Crippen LogP contribution < -0.4 is 4.90 Å². The summed E-state index contributed by atoms with van der Waals surface area (Å²) in [5.41, 5.74) is 0.838. The number of hydrogen-bond acceptors (Lipinski definition) is 7. The van der Waals surface area contributed by atoms with Crippen LogP contribution in [0.1, 0.15) is 41.3 Å². The quantitative estimate of drug-likeness (QED) is 0.411. The Labute approximate surface area is 178 Å². The molecule has 0 aliphatic carbocycles. The Morgan fingerprint density at radius 2 is 1.97 bits per heavy atom. The highest BCUT2D eigenvalue weighted by molar-refractivity contribution is 7.99. The van der Waals surface area contributed by atoms with Gasteiger partial charge in [-0.2, -0.15) is 0 Å². The van der Waals surface area contributed by atoms with Crippen LogP contribution in [0.4, 0.5) is 5.95 Å². The molecular formula is C20H21ClN4O3S. The zero-order valence-electron chi connectivity index (χ0n) is 16.2. The van der Waals surface area contributed by atoms with Gasteiger partial charge in [0.15, 0.2) is 5.16 Å². The van der Waals surface area contributed by atoms with Crippen LogP contribution in [-0.4, -0.2) is 40.9 Å². The number of halogens is 1. The zero-order chi connectivity index (χ0) is 20.4. The number of para-hydroxylation sites is 1. The third kappa shape index (κ3) is 4.00. The average Bonchev–Trinajstić information content (AvgIpc) is 3.48. The molecule has 7 nitrogen and oxygen atoms in total. The fraction of sp³-hybridized carbons (Fsp3) is 0.350. The van der Waals surface area contributed by atoms with Gasteiger partial charge in [-0.05, 0) is 44.0 Å². The summed E-state index contributed by atoms with van der Waals surface area (Å²) in [5.74, 6) is 1.14. The van der Waals surface area contributed by atoms with Crippen molar-refractivity contribution in [2.45, 2.75) is 30.2 Å². The van der Waals surface area contributed by atoms with Crippen molar-refractivity contribution in [3.8, 4) is 5.69 Å². The molecular weight excluding hydrogens is 412 g/mol. The summed E-state index contributed by atoms with van der Waals surface area (Å²) >= 11 is 8.00. The topological polar surface area (TPSA) is 73.4 Å². The van der Waals surface area contributed by atoms with E-state index in [4.69, 9.17) is 20.8 Å². The Bertz CT molecular complexity index is 1010. The number of benzene rings is 1. The highest BCUT2D eigenvalue weighted by Gasteiger charge is 2.26. The summed E-state index contributed by atoms with van der Waals surface area (Å²) in [5, 5.41) is 10.2. The monoisotopic (exact) mass is 432 g/mol. The molecule has 4 rings (SSSR count). The Morgan fingerprint density at radius 3 is 2.69 bits per heavy atom. The van der Waals surface area contributed by atoms with Crippen molar-refractivity contribution in [2.24, 2.45) is 0 Å². The molecule has 1 aliphatic heterocycles. The van der Waals surface area contributed by atoms with E-state index in [0.29, 0.717) is 15.9 Å². The first kappa shape index (κ1) is 19.8. The van der Waals surface area contributed by atoms with Crippen molar-refractivity contribution < 1.29 is 13.9 Å². The van der Waals surface area contributed by atoms with E-state index in [1.165, 1.54) is 18.9 Å². The van der Waals surface area contributed by atoms with Crippen LogP contribution in [0.15, 0.2) is 46.0 Å². The summed E-state index contributed by atoms with van der Waals surface area (Å²) < 4.78 is 12.4. The molecule has 2 aromatic heterocycles. The standard InChI is InChI=1S/C20H21ClN4O3S/c1-13(16-9-10-17(28-16)18(26)27-2)29-20-23-22-19(24-11-5-6-12-24)25(20)15-8-4-3-7-14(15)21/h3-4,7-10,13H,5-6,11-12H2,1-2H3. The van der Waals surface area contributed by atoms with Crippen LogP contribution in [0.3, 0.4) is 0 Å². The number of nitrogens with zero attached hydrogens (tertiary/aromatic N) is 4. The lowest BCUT2D eigenvalue weighted by Crippen LogP contribution is -2.22. The molecule has 9 heteroatoms. The lowest BCUT2D eigenvalue weighted by Gasteiger charge is -2.19. The molecule has 1 unspecified atom stereocenters. The summed E-state index contributed by atoms with van der Waals surface area (Å²) in [7, 11) is 1.33. The van der Waals surface area contributed by atoms with Crippen molar-refractivity contribution in [3.05, 3.63) is 52.9 Å². The number of carbonyl (C=O) groups excluding carboxylic acids is 1. The number of methoxy groups -OCH3 is 1. The van der Waals surface area contributed by atoms with Crippen LogP contribution >= 0.6 is 23.4 Å². The number of carbonyl (C=O) groups is 1. The van der Waals surface area contributed by atoms with Crippen LogP contribution in [0.25, 0.3) is 5.69 Å². The molecule has 0 amide bonds. The first-order chi connectivity index (χ1) is 14.1. The normalized spacial score (nSPS) is 14.9. The average molecular weight is 433 g/mol. The highest BCUT2D eigenvalue weighted by Crippen LogP contribution is 2.39. The smallest absolute Gasteiger partial charge is 0.373 e. The second kappa shape index (κ2) is 8.51. The number of furan rings is 1. The molecule has 29 heavy (non-hydrogen) atoms. The van der Waals surface area contributed by atoms with Gasteiger partial charge in [-0.15, -0.1) is 10.2 Å². The third-order valence-corrected chi connectivity index (χ3v) is 6.18. The van der Waals surface area contributed by atoms with E-state index < -0.39 is 5.97 Å². The molecule has 0 N–H and O–H groups in total. The third-order valence-electron chi connectivity index (χ3n) is 4.79. The van der Waals surface area contributed by atoms with Gasteiger partial charge >= 0.3 is 5.97 Å². The Morgan fingerprint density at radius 1 is 1.21 bits per heavy atom. The molecule has 0 spiro atoms. The predicted octanol–water partition coefficient (Wildman–Crippen LogP) is 4.75. The van der Waals surface area contributed by atoms with E-state index in [9.17, 15) is 4.79 Å². The minimum Gasteiger partial charge on any atom is -0.463 e. The molecule has 3 aromatic rings. The Balaban J connectivity index is 1.67. The molecule has 1 fully saturated rings. The number of rotatable bonds is 6. The van der Waals surface area contributed by atoms with E-state index in [2.05, 4.69) is 15.1 Å². The second-order valence-corrected chi connectivity index (χ2v) is 8.43. The van der Waals surface area contributed by atoms with Crippen molar-refractivity contribution in [3.63, 3.8) is 0 Å². The van der Waals surface area contributed by atoms with E-state index in [1.807, 2.05) is 35.8 Å². The van der Waals surface area contributed by atoms with Gasteiger partial charge in [0, 0.05) is 13.1 Å². The SMILES string of the molecule is COC(=O)c1ccc(C(C)Sc2nnc(N3CCCC3)n2-c2ccccc2Cl)o1. The van der Waals surface area contributed by atoms with Crippen LogP contribution in [-0.2, 0) is 4.74 Å². The minimum absolute atomic E-state index is 0.0923.